The lowest BCUT2D eigenvalue weighted by atomic mass is 10.1. The van der Waals surface area contributed by atoms with Gasteiger partial charge >= 0.3 is 5.97 Å². The molecular formula is C13H20N2O2. The van der Waals surface area contributed by atoms with Gasteiger partial charge in [0.25, 0.3) is 0 Å². The third-order valence-electron chi connectivity index (χ3n) is 2.71. The van der Waals surface area contributed by atoms with Crippen molar-refractivity contribution in [3.8, 4) is 0 Å². The summed E-state index contributed by atoms with van der Waals surface area (Å²) in [6.45, 7) is 2.44. The van der Waals surface area contributed by atoms with Gasteiger partial charge < -0.3 is 15.3 Å². The van der Waals surface area contributed by atoms with Gasteiger partial charge in [-0.3, -0.25) is 4.79 Å². The van der Waals surface area contributed by atoms with E-state index in [-0.39, 0.29) is 0 Å². The van der Waals surface area contributed by atoms with Crippen molar-refractivity contribution in [1.29, 1.82) is 0 Å². The summed E-state index contributed by atoms with van der Waals surface area (Å²) in [6, 6.07) is 7.61. The molecule has 4 nitrogen and oxygen atoms in total. The van der Waals surface area contributed by atoms with E-state index in [1.165, 1.54) is 0 Å². The molecule has 0 aliphatic heterocycles. The van der Waals surface area contributed by atoms with Crippen molar-refractivity contribution in [2.45, 2.75) is 25.9 Å². The first-order valence-corrected chi connectivity index (χ1v) is 5.77. The number of rotatable bonds is 6. The van der Waals surface area contributed by atoms with Gasteiger partial charge in [0.1, 0.15) is 6.04 Å². The summed E-state index contributed by atoms with van der Waals surface area (Å²) in [6.07, 6.45) is 0.588. The first-order chi connectivity index (χ1) is 8.04. The molecule has 1 aromatic rings. The van der Waals surface area contributed by atoms with Gasteiger partial charge in [-0.15, -0.1) is 0 Å². The molecule has 94 valence electrons. The van der Waals surface area contributed by atoms with Gasteiger partial charge in [0.15, 0.2) is 0 Å². The minimum Gasteiger partial charge on any atom is -0.480 e. The van der Waals surface area contributed by atoms with Crippen molar-refractivity contribution < 1.29 is 9.90 Å². The minimum atomic E-state index is -0.794. The largest absolute Gasteiger partial charge is 0.480 e. The van der Waals surface area contributed by atoms with Gasteiger partial charge in [0.2, 0.25) is 0 Å². The van der Waals surface area contributed by atoms with Crippen LogP contribution in [0.1, 0.15) is 18.9 Å². The number of carboxylic acid groups (broad SMARTS) is 1. The SMILES string of the molecule is CCC(NCc1ccc(N(C)C)cc1)C(=O)O. The zero-order chi connectivity index (χ0) is 12.8. The number of benzene rings is 1. The van der Waals surface area contributed by atoms with Crippen LogP contribution in [0, 0.1) is 0 Å². The summed E-state index contributed by atoms with van der Waals surface area (Å²) < 4.78 is 0. The monoisotopic (exact) mass is 236 g/mol. The molecule has 0 saturated carbocycles. The zero-order valence-corrected chi connectivity index (χ0v) is 10.6. The fraction of sp³-hybridized carbons (Fsp3) is 0.462. The summed E-state index contributed by atoms with van der Waals surface area (Å²) in [5.41, 5.74) is 2.23. The van der Waals surface area contributed by atoms with Gasteiger partial charge in [-0.1, -0.05) is 19.1 Å². The van der Waals surface area contributed by atoms with Gasteiger partial charge in [0.05, 0.1) is 0 Å². The fourth-order valence-corrected chi connectivity index (χ4v) is 1.56. The van der Waals surface area contributed by atoms with Crippen LogP contribution in [-0.2, 0) is 11.3 Å². The lowest BCUT2D eigenvalue weighted by Gasteiger charge is -2.14. The molecule has 1 rings (SSSR count). The molecule has 0 aliphatic carbocycles. The number of anilines is 1. The van der Waals surface area contributed by atoms with Gasteiger partial charge in [0, 0.05) is 26.3 Å². The zero-order valence-electron chi connectivity index (χ0n) is 10.6. The standard InChI is InChI=1S/C13H20N2O2/c1-4-12(13(16)17)14-9-10-5-7-11(8-6-10)15(2)3/h5-8,12,14H,4,9H2,1-3H3,(H,16,17). The van der Waals surface area contributed by atoms with Crippen LogP contribution < -0.4 is 10.2 Å². The lowest BCUT2D eigenvalue weighted by molar-refractivity contribution is -0.139. The second-order valence-electron chi connectivity index (χ2n) is 4.24. The highest BCUT2D eigenvalue weighted by molar-refractivity contribution is 5.73. The average molecular weight is 236 g/mol. The van der Waals surface area contributed by atoms with Crippen molar-refractivity contribution in [3.63, 3.8) is 0 Å². The maximum Gasteiger partial charge on any atom is 0.320 e. The van der Waals surface area contributed by atoms with Crippen molar-refractivity contribution in [1.82, 2.24) is 5.32 Å². The summed E-state index contributed by atoms with van der Waals surface area (Å²) in [5.74, 6) is -0.794. The normalized spacial score (nSPS) is 12.2. The van der Waals surface area contributed by atoms with E-state index in [9.17, 15) is 4.79 Å². The van der Waals surface area contributed by atoms with Crippen LogP contribution in [0.2, 0.25) is 0 Å². The number of nitrogens with one attached hydrogen (secondary N) is 1. The molecule has 1 unspecified atom stereocenters. The molecule has 1 aromatic carbocycles. The predicted molar refractivity (Wildman–Crippen MR) is 69.3 cm³/mol. The maximum atomic E-state index is 10.8. The predicted octanol–water partition coefficient (Wildman–Crippen LogP) is 1.71. The number of carboxylic acids is 1. The lowest BCUT2D eigenvalue weighted by Crippen LogP contribution is -2.35. The van der Waals surface area contributed by atoms with Crippen LogP contribution in [0.15, 0.2) is 24.3 Å². The van der Waals surface area contributed by atoms with E-state index < -0.39 is 12.0 Å². The molecule has 0 saturated heterocycles. The van der Waals surface area contributed by atoms with Crippen LogP contribution in [0.4, 0.5) is 5.69 Å². The second-order valence-corrected chi connectivity index (χ2v) is 4.24. The summed E-state index contributed by atoms with van der Waals surface area (Å²) in [4.78, 5) is 12.9. The smallest absolute Gasteiger partial charge is 0.320 e. The molecule has 2 N–H and O–H groups in total. The maximum absolute atomic E-state index is 10.8. The molecule has 17 heavy (non-hydrogen) atoms. The van der Waals surface area contributed by atoms with E-state index in [0.29, 0.717) is 13.0 Å². The summed E-state index contributed by atoms with van der Waals surface area (Å²) in [7, 11) is 3.98. The van der Waals surface area contributed by atoms with E-state index in [4.69, 9.17) is 5.11 Å². The van der Waals surface area contributed by atoms with E-state index in [1.807, 2.05) is 50.2 Å². The van der Waals surface area contributed by atoms with Crippen molar-refractivity contribution in [2.24, 2.45) is 0 Å². The van der Waals surface area contributed by atoms with E-state index >= 15 is 0 Å². The first kappa shape index (κ1) is 13.5. The molecule has 0 aliphatic rings. The minimum absolute atomic E-state index is 0.469. The second kappa shape index (κ2) is 6.25. The van der Waals surface area contributed by atoms with Crippen molar-refractivity contribution in [2.75, 3.05) is 19.0 Å². The van der Waals surface area contributed by atoms with Crippen LogP contribution in [0.25, 0.3) is 0 Å². The van der Waals surface area contributed by atoms with Crippen molar-refractivity contribution in [3.05, 3.63) is 29.8 Å². The first-order valence-electron chi connectivity index (χ1n) is 5.77. The Labute approximate surface area is 102 Å². The summed E-state index contributed by atoms with van der Waals surface area (Å²) in [5, 5.41) is 11.9. The number of nitrogens with zero attached hydrogens (tertiary/aromatic N) is 1. The Morgan fingerprint density at radius 2 is 1.94 bits per heavy atom. The molecule has 0 fully saturated rings. The number of hydrogen-bond acceptors (Lipinski definition) is 3. The molecule has 0 bridgehead atoms. The Balaban J connectivity index is 2.55. The Bertz CT molecular complexity index is 360. The molecule has 0 aromatic heterocycles. The Morgan fingerprint density at radius 1 is 1.35 bits per heavy atom. The van der Waals surface area contributed by atoms with Crippen LogP contribution in [0.5, 0.6) is 0 Å². The molecule has 0 spiro atoms. The van der Waals surface area contributed by atoms with Crippen LogP contribution in [0.3, 0.4) is 0 Å². The van der Waals surface area contributed by atoms with Crippen LogP contribution in [-0.4, -0.2) is 31.2 Å². The Morgan fingerprint density at radius 3 is 2.35 bits per heavy atom. The van der Waals surface area contributed by atoms with Crippen LogP contribution >= 0.6 is 0 Å². The molecule has 1 atom stereocenters. The molecule has 0 heterocycles. The highest BCUT2D eigenvalue weighted by atomic mass is 16.4. The van der Waals surface area contributed by atoms with Gasteiger partial charge in [-0.05, 0) is 24.1 Å². The molecule has 4 heteroatoms. The average Bonchev–Trinajstić information content (AvgIpc) is 2.30. The summed E-state index contributed by atoms with van der Waals surface area (Å²) >= 11 is 0. The van der Waals surface area contributed by atoms with Gasteiger partial charge in [-0.25, -0.2) is 0 Å². The van der Waals surface area contributed by atoms with E-state index in [1.54, 1.807) is 0 Å². The number of aliphatic carboxylic acids is 1. The molecular weight excluding hydrogens is 216 g/mol. The molecule has 0 amide bonds. The number of carbonyl (C=O) groups is 1. The highest BCUT2D eigenvalue weighted by Crippen LogP contribution is 2.12. The van der Waals surface area contributed by atoms with E-state index in [2.05, 4.69) is 5.32 Å². The fourth-order valence-electron chi connectivity index (χ4n) is 1.56. The highest BCUT2D eigenvalue weighted by Gasteiger charge is 2.13. The van der Waals surface area contributed by atoms with Crippen molar-refractivity contribution >= 4 is 11.7 Å². The quantitative estimate of drug-likeness (QED) is 0.789. The third kappa shape index (κ3) is 4.07. The van der Waals surface area contributed by atoms with Gasteiger partial charge in [-0.2, -0.15) is 0 Å². The Hall–Kier alpha value is -1.55. The third-order valence-corrected chi connectivity index (χ3v) is 2.71. The molecule has 0 radical (unpaired) electrons. The number of hydrogen-bond donors (Lipinski definition) is 2. The van der Waals surface area contributed by atoms with E-state index in [0.717, 1.165) is 11.3 Å². The Kier molecular flexibility index (Phi) is 4.97. The topological polar surface area (TPSA) is 52.6 Å².